The third kappa shape index (κ3) is 2.69. The minimum Gasteiger partial charge on any atom is -0.295 e. The molecule has 0 aromatic heterocycles. The lowest BCUT2D eigenvalue weighted by molar-refractivity contribution is -0.384. The number of benzene rings is 2. The van der Waals surface area contributed by atoms with Crippen LogP contribution in [0.1, 0.15) is 16.5 Å². The fraction of sp³-hybridized carbons (Fsp3) is 0.188. The second-order valence-corrected chi connectivity index (χ2v) is 6.19. The van der Waals surface area contributed by atoms with Gasteiger partial charge in [-0.25, -0.2) is 0 Å². The molecule has 6 heteroatoms. The van der Waals surface area contributed by atoms with Crippen LogP contribution in [-0.2, 0) is 4.79 Å². The van der Waals surface area contributed by atoms with Crippen molar-refractivity contribution in [2.75, 3.05) is 10.7 Å². The van der Waals surface area contributed by atoms with Gasteiger partial charge in [-0.05, 0) is 30.2 Å². The number of carbonyl (C=O) groups excluding carboxylic acids is 1. The zero-order valence-corrected chi connectivity index (χ0v) is 12.7. The Morgan fingerprint density at radius 1 is 1.23 bits per heavy atom. The first kappa shape index (κ1) is 14.6. The SMILES string of the molecule is Cc1cccc(N2C(=O)CS[C@@H]2c2cccc([N+](=O)[O-])c2)c1. The molecule has 2 aromatic carbocycles. The maximum atomic E-state index is 12.3. The molecule has 1 amide bonds. The van der Waals surface area contributed by atoms with E-state index in [4.69, 9.17) is 0 Å². The third-order valence-corrected chi connectivity index (χ3v) is 4.73. The summed E-state index contributed by atoms with van der Waals surface area (Å²) in [6.07, 6.45) is 0. The minimum atomic E-state index is -0.415. The Labute approximate surface area is 132 Å². The maximum Gasteiger partial charge on any atom is 0.269 e. The standard InChI is InChI=1S/C16H14N2O3S/c1-11-4-2-6-13(8-11)17-15(19)10-22-16(17)12-5-3-7-14(9-12)18(20)21/h2-9,16H,10H2,1H3/t16-/m1/s1. The summed E-state index contributed by atoms with van der Waals surface area (Å²) >= 11 is 1.49. The Morgan fingerprint density at radius 3 is 2.73 bits per heavy atom. The van der Waals surface area contributed by atoms with E-state index in [0.29, 0.717) is 5.75 Å². The number of nitro benzene ring substituents is 1. The van der Waals surface area contributed by atoms with Crippen LogP contribution in [-0.4, -0.2) is 16.6 Å². The van der Waals surface area contributed by atoms with E-state index < -0.39 is 4.92 Å². The monoisotopic (exact) mass is 314 g/mol. The van der Waals surface area contributed by atoms with Gasteiger partial charge in [0.2, 0.25) is 5.91 Å². The molecule has 0 aliphatic carbocycles. The summed E-state index contributed by atoms with van der Waals surface area (Å²) in [5, 5.41) is 10.7. The molecule has 0 unspecified atom stereocenters. The van der Waals surface area contributed by atoms with E-state index in [1.165, 1.54) is 17.8 Å². The van der Waals surface area contributed by atoms with Gasteiger partial charge in [-0.2, -0.15) is 0 Å². The van der Waals surface area contributed by atoms with Crippen LogP contribution >= 0.6 is 11.8 Å². The fourth-order valence-corrected chi connectivity index (χ4v) is 3.69. The molecule has 0 N–H and O–H groups in total. The lowest BCUT2D eigenvalue weighted by Crippen LogP contribution is -2.27. The molecular weight excluding hydrogens is 300 g/mol. The van der Waals surface area contributed by atoms with Crippen LogP contribution in [0.15, 0.2) is 48.5 Å². The van der Waals surface area contributed by atoms with Crippen molar-refractivity contribution in [3.8, 4) is 0 Å². The van der Waals surface area contributed by atoms with Crippen LogP contribution in [0.2, 0.25) is 0 Å². The Balaban J connectivity index is 2.00. The van der Waals surface area contributed by atoms with E-state index in [1.54, 1.807) is 17.0 Å². The molecule has 112 valence electrons. The molecule has 1 atom stereocenters. The molecule has 0 radical (unpaired) electrons. The van der Waals surface area contributed by atoms with E-state index >= 15 is 0 Å². The molecule has 5 nitrogen and oxygen atoms in total. The molecule has 1 aliphatic rings. The van der Waals surface area contributed by atoms with E-state index in [9.17, 15) is 14.9 Å². The number of anilines is 1. The van der Waals surface area contributed by atoms with E-state index in [1.807, 2.05) is 37.3 Å². The number of carbonyl (C=O) groups is 1. The second-order valence-electron chi connectivity index (χ2n) is 5.12. The van der Waals surface area contributed by atoms with Crippen molar-refractivity contribution in [3.63, 3.8) is 0 Å². The molecule has 1 saturated heterocycles. The van der Waals surface area contributed by atoms with Gasteiger partial charge < -0.3 is 0 Å². The number of non-ortho nitro benzene ring substituents is 1. The van der Waals surface area contributed by atoms with E-state index in [-0.39, 0.29) is 17.0 Å². The average Bonchev–Trinajstić information content (AvgIpc) is 2.89. The number of rotatable bonds is 3. The van der Waals surface area contributed by atoms with Gasteiger partial charge in [0.15, 0.2) is 0 Å². The topological polar surface area (TPSA) is 63.5 Å². The molecule has 0 bridgehead atoms. The summed E-state index contributed by atoms with van der Waals surface area (Å²) in [5.74, 6) is 0.397. The predicted octanol–water partition coefficient (Wildman–Crippen LogP) is 3.68. The van der Waals surface area contributed by atoms with Gasteiger partial charge in [0.05, 0.1) is 10.7 Å². The van der Waals surface area contributed by atoms with Crippen molar-refractivity contribution in [3.05, 3.63) is 69.8 Å². The molecule has 1 aliphatic heterocycles. The second kappa shape index (κ2) is 5.81. The van der Waals surface area contributed by atoms with Crippen molar-refractivity contribution >= 4 is 29.0 Å². The average molecular weight is 314 g/mol. The summed E-state index contributed by atoms with van der Waals surface area (Å²) in [7, 11) is 0. The Hall–Kier alpha value is -2.34. The van der Waals surface area contributed by atoms with Crippen molar-refractivity contribution in [2.24, 2.45) is 0 Å². The van der Waals surface area contributed by atoms with Crippen LogP contribution < -0.4 is 4.90 Å². The molecular formula is C16H14N2O3S. The highest BCUT2D eigenvalue weighted by Crippen LogP contribution is 2.42. The summed E-state index contributed by atoms with van der Waals surface area (Å²) in [6, 6.07) is 14.2. The van der Waals surface area contributed by atoms with Gasteiger partial charge in [0.1, 0.15) is 5.37 Å². The zero-order valence-electron chi connectivity index (χ0n) is 11.9. The van der Waals surface area contributed by atoms with Crippen molar-refractivity contribution in [1.82, 2.24) is 0 Å². The van der Waals surface area contributed by atoms with Gasteiger partial charge in [-0.15, -0.1) is 11.8 Å². The molecule has 3 rings (SSSR count). The third-order valence-electron chi connectivity index (χ3n) is 3.51. The number of thioether (sulfide) groups is 1. The number of hydrogen-bond donors (Lipinski definition) is 0. The largest absolute Gasteiger partial charge is 0.295 e. The maximum absolute atomic E-state index is 12.3. The van der Waals surface area contributed by atoms with Crippen LogP contribution in [0.5, 0.6) is 0 Å². The number of nitrogens with zero attached hydrogens (tertiary/aromatic N) is 2. The quantitative estimate of drug-likeness (QED) is 0.640. The van der Waals surface area contributed by atoms with E-state index in [2.05, 4.69) is 0 Å². The van der Waals surface area contributed by atoms with Gasteiger partial charge in [0, 0.05) is 17.8 Å². The van der Waals surface area contributed by atoms with Crippen LogP contribution in [0.25, 0.3) is 0 Å². The molecule has 2 aromatic rings. The molecule has 0 spiro atoms. The zero-order chi connectivity index (χ0) is 15.7. The van der Waals surface area contributed by atoms with E-state index in [0.717, 1.165) is 16.8 Å². The number of aryl methyl sites for hydroxylation is 1. The van der Waals surface area contributed by atoms with Crippen LogP contribution in [0.4, 0.5) is 11.4 Å². The summed E-state index contributed by atoms with van der Waals surface area (Å²) in [6.45, 7) is 1.97. The molecule has 1 fully saturated rings. The predicted molar refractivity (Wildman–Crippen MR) is 87.0 cm³/mol. The van der Waals surface area contributed by atoms with Crippen molar-refractivity contribution in [1.29, 1.82) is 0 Å². The highest BCUT2D eigenvalue weighted by Gasteiger charge is 2.34. The Kier molecular flexibility index (Phi) is 3.85. The smallest absolute Gasteiger partial charge is 0.269 e. The molecule has 1 heterocycles. The Morgan fingerprint density at radius 2 is 2.00 bits per heavy atom. The van der Waals surface area contributed by atoms with Gasteiger partial charge in [0.25, 0.3) is 5.69 Å². The first-order chi connectivity index (χ1) is 10.6. The summed E-state index contributed by atoms with van der Waals surface area (Å²) in [4.78, 5) is 24.5. The first-order valence-electron chi connectivity index (χ1n) is 6.81. The Bertz CT molecular complexity index is 748. The van der Waals surface area contributed by atoms with Gasteiger partial charge in [-0.1, -0.05) is 24.3 Å². The van der Waals surface area contributed by atoms with Crippen molar-refractivity contribution < 1.29 is 9.72 Å². The summed E-state index contributed by atoms with van der Waals surface area (Å²) < 4.78 is 0. The highest BCUT2D eigenvalue weighted by molar-refractivity contribution is 8.00. The van der Waals surface area contributed by atoms with Crippen LogP contribution in [0, 0.1) is 17.0 Å². The first-order valence-corrected chi connectivity index (χ1v) is 7.86. The lowest BCUT2D eigenvalue weighted by Gasteiger charge is -2.24. The highest BCUT2D eigenvalue weighted by atomic mass is 32.2. The molecule has 22 heavy (non-hydrogen) atoms. The van der Waals surface area contributed by atoms with Gasteiger partial charge >= 0.3 is 0 Å². The normalized spacial score (nSPS) is 17.8. The number of hydrogen-bond acceptors (Lipinski definition) is 4. The van der Waals surface area contributed by atoms with Gasteiger partial charge in [-0.3, -0.25) is 19.8 Å². The fourth-order valence-electron chi connectivity index (χ4n) is 2.52. The lowest BCUT2D eigenvalue weighted by atomic mass is 10.1. The van der Waals surface area contributed by atoms with Crippen LogP contribution in [0.3, 0.4) is 0 Å². The van der Waals surface area contributed by atoms with Crippen molar-refractivity contribution in [2.45, 2.75) is 12.3 Å². The summed E-state index contributed by atoms with van der Waals surface area (Å²) in [5.41, 5.74) is 2.71. The minimum absolute atomic E-state index is 0.0205. The molecule has 0 saturated carbocycles. The number of nitro groups is 1. The number of amides is 1.